The summed E-state index contributed by atoms with van der Waals surface area (Å²) in [6, 6.07) is 1.84. The Balaban J connectivity index is 2.23. The fourth-order valence-corrected chi connectivity index (χ4v) is 1.80. The van der Waals surface area contributed by atoms with Gasteiger partial charge in [0, 0.05) is 26.7 Å². The zero-order valence-electron chi connectivity index (χ0n) is 11.9. The van der Waals surface area contributed by atoms with Gasteiger partial charge < -0.3 is 14.7 Å². The molecule has 106 valence electrons. The molecule has 0 saturated carbocycles. The third-order valence-corrected chi connectivity index (χ3v) is 2.89. The quantitative estimate of drug-likeness (QED) is 0.339. The molecule has 1 rings (SSSR count). The van der Waals surface area contributed by atoms with Crippen LogP contribution in [0, 0.1) is 0 Å². The van der Waals surface area contributed by atoms with Crippen molar-refractivity contribution in [2.24, 2.45) is 4.99 Å². The number of allylic oxidation sites excluding steroid dienone is 1. The molecule has 0 atom stereocenters. The molecule has 0 aliphatic heterocycles. The minimum atomic E-state index is 0.629. The third-order valence-electron chi connectivity index (χ3n) is 2.89. The molecule has 1 heterocycles. The summed E-state index contributed by atoms with van der Waals surface area (Å²) in [5, 5.41) is 7.12. The first-order chi connectivity index (χ1) is 9.27. The van der Waals surface area contributed by atoms with Crippen molar-refractivity contribution >= 4 is 5.96 Å². The molecule has 0 amide bonds. The Kier molecular flexibility index (Phi) is 7.39. The van der Waals surface area contributed by atoms with E-state index in [-0.39, 0.29) is 0 Å². The molecule has 0 aliphatic rings. The summed E-state index contributed by atoms with van der Waals surface area (Å²) in [7, 11) is 3.84. The van der Waals surface area contributed by atoms with E-state index in [0.717, 1.165) is 31.0 Å². The molecule has 0 bridgehead atoms. The topological polar surface area (TPSA) is 53.7 Å². The predicted octanol–water partition coefficient (Wildman–Crippen LogP) is 2.43. The second-order valence-corrected chi connectivity index (χ2v) is 4.45. The molecule has 0 fully saturated rings. The van der Waals surface area contributed by atoms with Crippen molar-refractivity contribution < 1.29 is 4.52 Å². The number of aliphatic imine (C=N–C) groups is 1. The molecule has 1 aromatic rings. The smallest absolute Gasteiger partial charge is 0.193 e. The summed E-state index contributed by atoms with van der Waals surface area (Å²) in [5.41, 5.74) is 0.875. The zero-order chi connectivity index (χ0) is 13.9. The first-order valence-electron chi connectivity index (χ1n) is 6.70. The minimum absolute atomic E-state index is 0.629. The van der Waals surface area contributed by atoms with Crippen LogP contribution in [0.4, 0.5) is 0 Å². The monoisotopic (exact) mass is 264 g/mol. The number of aromatic nitrogens is 1. The fourth-order valence-electron chi connectivity index (χ4n) is 1.80. The highest BCUT2D eigenvalue weighted by Gasteiger charge is 2.05. The van der Waals surface area contributed by atoms with Gasteiger partial charge in [0.05, 0.1) is 6.54 Å². The number of nitrogens with one attached hydrogen (secondary N) is 1. The molecule has 1 N–H and O–H groups in total. The molecule has 0 aromatic carbocycles. The van der Waals surface area contributed by atoms with E-state index < -0.39 is 0 Å². The summed E-state index contributed by atoms with van der Waals surface area (Å²) in [5.74, 6) is 0.881. The van der Waals surface area contributed by atoms with Crippen LogP contribution < -0.4 is 5.32 Å². The van der Waals surface area contributed by atoms with Crippen molar-refractivity contribution in [3.8, 4) is 0 Å². The maximum Gasteiger partial charge on any atom is 0.193 e. The number of unbranched alkanes of at least 4 members (excludes halogenated alkanes) is 3. The van der Waals surface area contributed by atoms with Gasteiger partial charge in [0.15, 0.2) is 5.96 Å². The summed E-state index contributed by atoms with van der Waals surface area (Å²) in [6.07, 6.45) is 8.24. The average molecular weight is 264 g/mol. The van der Waals surface area contributed by atoms with Crippen molar-refractivity contribution in [1.82, 2.24) is 15.4 Å². The van der Waals surface area contributed by atoms with Crippen LogP contribution in [0.3, 0.4) is 0 Å². The van der Waals surface area contributed by atoms with Crippen molar-refractivity contribution in [1.29, 1.82) is 0 Å². The first-order valence-corrected chi connectivity index (χ1v) is 6.70. The van der Waals surface area contributed by atoms with Crippen molar-refractivity contribution in [3.63, 3.8) is 0 Å². The van der Waals surface area contributed by atoms with E-state index in [4.69, 9.17) is 4.52 Å². The SMILES string of the molecule is C=CCCCCCN(C)C(=NC)NCc1ccon1. The normalized spacial score (nSPS) is 11.4. The molecule has 5 nitrogen and oxygen atoms in total. The van der Waals surface area contributed by atoms with E-state index in [0.29, 0.717) is 6.54 Å². The minimum Gasteiger partial charge on any atom is -0.364 e. The maximum atomic E-state index is 4.79. The van der Waals surface area contributed by atoms with E-state index >= 15 is 0 Å². The van der Waals surface area contributed by atoms with Crippen LogP contribution in [0.2, 0.25) is 0 Å². The van der Waals surface area contributed by atoms with E-state index in [1.807, 2.05) is 19.2 Å². The molecular weight excluding hydrogens is 240 g/mol. The first kappa shape index (κ1) is 15.3. The lowest BCUT2D eigenvalue weighted by Gasteiger charge is -2.21. The Labute approximate surface area is 115 Å². The van der Waals surface area contributed by atoms with Gasteiger partial charge in [0.1, 0.15) is 12.0 Å². The Bertz CT molecular complexity index is 373. The van der Waals surface area contributed by atoms with Gasteiger partial charge in [0.2, 0.25) is 0 Å². The van der Waals surface area contributed by atoms with Gasteiger partial charge in [-0.3, -0.25) is 4.99 Å². The lowest BCUT2D eigenvalue weighted by molar-refractivity contribution is 0.408. The summed E-state index contributed by atoms with van der Waals surface area (Å²) < 4.78 is 4.79. The zero-order valence-corrected chi connectivity index (χ0v) is 11.9. The van der Waals surface area contributed by atoms with E-state index in [1.54, 1.807) is 13.3 Å². The van der Waals surface area contributed by atoms with Crippen LogP contribution in [0.5, 0.6) is 0 Å². The number of guanidine groups is 1. The van der Waals surface area contributed by atoms with Gasteiger partial charge in [-0.2, -0.15) is 0 Å². The van der Waals surface area contributed by atoms with Crippen LogP contribution in [0.15, 0.2) is 34.5 Å². The van der Waals surface area contributed by atoms with Crippen LogP contribution in [0.1, 0.15) is 31.4 Å². The molecule has 0 spiro atoms. The maximum absolute atomic E-state index is 4.79. The van der Waals surface area contributed by atoms with Crippen molar-refractivity contribution in [2.45, 2.75) is 32.2 Å². The Morgan fingerprint density at radius 3 is 3.00 bits per heavy atom. The molecule has 0 unspecified atom stereocenters. The van der Waals surface area contributed by atoms with Gasteiger partial charge in [-0.1, -0.05) is 17.7 Å². The number of nitrogens with zero attached hydrogens (tertiary/aromatic N) is 3. The molecular formula is C14H24N4O. The summed E-state index contributed by atoms with van der Waals surface area (Å²) in [6.45, 7) is 5.36. The highest BCUT2D eigenvalue weighted by molar-refractivity contribution is 5.79. The highest BCUT2D eigenvalue weighted by atomic mass is 16.5. The van der Waals surface area contributed by atoms with Crippen LogP contribution in [-0.4, -0.2) is 36.7 Å². The lowest BCUT2D eigenvalue weighted by atomic mass is 10.2. The van der Waals surface area contributed by atoms with E-state index in [1.165, 1.54) is 12.8 Å². The Morgan fingerprint density at radius 2 is 2.37 bits per heavy atom. The highest BCUT2D eigenvalue weighted by Crippen LogP contribution is 2.02. The standard InChI is InChI=1S/C14H24N4O/c1-4-5-6-7-8-10-18(3)14(15-2)16-12-13-9-11-19-17-13/h4,9,11H,1,5-8,10,12H2,2-3H3,(H,15,16). The largest absolute Gasteiger partial charge is 0.364 e. The van der Waals surface area contributed by atoms with Crippen molar-refractivity contribution in [3.05, 3.63) is 30.7 Å². The van der Waals surface area contributed by atoms with Crippen LogP contribution >= 0.6 is 0 Å². The van der Waals surface area contributed by atoms with Gasteiger partial charge in [-0.15, -0.1) is 6.58 Å². The van der Waals surface area contributed by atoms with Crippen LogP contribution in [0.25, 0.3) is 0 Å². The lowest BCUT2D eigenvalue weighted by Crippen LogP contribution is -2.39. The Morgan fingerprint density at radius 1 is 1.53 bits per heavy atom. The average Bonchev–Trinajstić information content (AvgIpc) is 2.92. The second-order valence-electron chi connectivity index (χ2n) is 4.45. The number of hydrogen-bond donors (Lipinski definition) is 1. The summed E-state index contributed by atoms with van der Waals surface area (Å²) in [4.78, 5) is 6.39. The second kappa shape index (κ2) is 9.19. The molecule has 1 aromatic heterocycles. The Hall–Kier alpha value is -1.78. The van der Waals surface area contributed by atoms with Gasteiger partial charge in [-0.25, -0.2) is 0 Å². The van der Waals surface area contributed by atoms with E-state index in [9.17, 15) is 0 Å². The van der Waals surface area contributed by atoms with Gasteiger partial charge in [0.25, 0.3) is 0 Å². The molecule has 5 heteroatoms. The van der Waals surface area contributed by atoms with Crippen molar-refractivity contribution in [2.75, 3.05) is 20.6 Å². The number of hydrogen-bond acceptors (Lipinski definition) is 3. The fraction of sp³-hybridized carbons (Fsp3) is 0.571. The molecule has 19 heavy (non-hydrogen) atoms. The predicted molar refractivity (Wildman–Crippen MR) is 78.0 cm³/mol. The van der Waals surface area contributed by atoms with Crippen LogP contribution in [-0.2, 0) is 6.54 Å². The third kappa shape index (κ3) is 6.08. The summed E-state index contributed by atoms with van der Waals surface area (Å²) >= 11 is 0. The van der Waals surface area contributed by atoms with Gasteiger partial charge in [-0.05, 0) is 19.3 Å². The molecule has 0 radical (unpaired) electrons. The number of rotatable bonds is 8. The molecule has 0 saturated heterocycles. The van der Waals surface area contributed by atoms with Gasteiger partial charge >= 0.3 is 0 Å². The molecule has 0 aliphatic carbocycles. The van der Waals surface area contributed by atoms with E-state index in [2.05, 4.69) is 26.9 Å².